The van der Waals surface area contributed by atoms with Gasteiger partial charge in [-0.15, -0.1) is 0 Å². The van der Waals surface area contributed by atoms with Crippen LogP contribution in [0.2, 0.25) is 0 Å². The van der Waals surface area contributed by atoms with Gasteiger partial charge in [-0.1, -0.05) is 24.4 Å². The summed E-state index contributed by atoms with van der Waals surface area (Å²) in [6.07, 6.45) is 0. The van der Waals surface area contributed by atoms with Crippen molar-refractivity contribution in [2.75, 3.05) is 20.6 Å². The quantitative estimate of drug-likeness (QED) is 0.751. The largest absolute Gasteiger partial charge is 0.389 e. The van der Waals surface area contributed by atoms with Gasteiger partial charge in [0.15, 0.2) is 0 Å². The highest BCUT2D eigenvalue weighted by atomic mass is 32.2. The van der Waals surface area contributed by atoms with E-state index in [2.05, 4.69) is 4.72 Å². The standard InChI is InChI=1S/C12H19N3O2S2/c1-9(15(2)3)8-14-19(16,17)11-6-4-5-10(7-11)12(13)18/h4-7,9,14H,8H2,1-3H3,(H2,13,18). The Labute approximate surface area is 119 Å². The van der Waals surface area contributed by atoms with E-state index in [4.69, 9.17) is 18.0 Å². The predicted molar refractivity (Wildman–Crippen MR) is 80.7 cm³/mol. The zero-order chi connectivity index (χ0) is 14.6. The number of sulfonamides is 1. The van der Waals surface area contributed by atoms with E-state index in [1.54, 1.807) is 12.1 Å². The second-order valence-electron chi connectivity index (χ2n) is 4.56. The summed E-state index contributed by atoms with van der Waals surface area (Å²) in [6, 6.07) is 6.41. The first kappa shape index (κ1) is 16.0. The Morgan fingerprint density at radius 1 is 1.47 bits per heavy atom. The zero-order valence-corrected chi connectivity index (χ0v) is 12.9. The number of hydrogen-bond donors (Lipinski definition) is 2. The van der Waals surface area contributed by atoms with Crippen molar-refractivity contribution in [3.05, 3.63) is 29.8 Å². The Hall–Kier alpha value is -1.02. The molecule has 0 amide bonds. The van der Waals surface area contributed by atoms with Crippen LogP contribution in [0.4, 0.5) is 0 Å². The fraction of sp³-hybridized carbons (Fsp3) is 0.417. The summed E-state index contributed by atoms with van der Waals surface area (Å²) in [5.41, 5.74) is 6.04. The first-order valence-electron chi connectivity index (χ1n) is 5.80. The molecule has 3 N–H and O–H groups in total. The number of rotatable bonds is 6. The number of benzene rings is 1. The molecule has 0 fully saturated rings. The maximum atomic E-state index is 12.1. The van der Waals surface area contributed by atoms with E-state index in [1.807, 2.05) is 25.9 Å². The highest BCUT2D eigenvalue weighted by Crippen LogP contribution is 2.11. The minimum absolute atomic E-state index is 0.105. The van der Waals surface area contributed by atoms with E-state index >= 15 is 0 Å². The number of nitrogens with two attached hydrogens (primary N) is 1. The molecule has 0 aliphatic carbocycles. The van der Waals surface area contributed by atoms with Crippen molar-refractivity contribution in [3.8, 4) is 0 Å². The van der Waals surface area contributed by atoms with Crippen molar-refractivity contribution in [2.24, 2.45) is 5.73 Å². The van der Waals surface area contributed by atoms with Crippen LogP contribution >= 0.6 is 12.2 Å². The number of hydrogen-bond acceptors (Lipinski definition) is 4. The summed E-state index contributed by atoms with van der Waals surface area (Å²) in [5.74, 6) is 0. The van der Waals surface area contributed by atoms with Crippen LogP contribution in [0.5, 0.6) is 0 Å². The van der Waals surface area contributed by atoms with Crippen LogP contribution in [0.1, 0.15) is 12.5 Å². The molecular formula is C12H19N3O2S2. The van der Waals surface area contributed by atoms with Crippen molar-refractivity contribution >= 4 is 27.2 Å². The first-order valence-corrected chi connectivity index (χ1v) is 7.69. The van der Waals surface area contributed by atoms with Gasteiger partial charge in [0.05, 0.1) is 4.90 Å². The molecule has 0 heterocycles. The van der Waals surface area contributed by atoms with Crippen molar-refractivity contribution < 1.29 is 8.42 Å². The average molecular weight is 301 g/mol. The fourth-order valence-electron chi connectivity index (χ4n) is 1.31. The second-order valence-corrected chi connectivity index (χ2v) is 6.76. The monoisotopic (exact) mass is 301 g/mol. The maximum Gasteiger partial charge on any atom is 0.240 e. The third kappa shape index (κ3) is 4.54. The molecule has 106 valence electrons. The molecule has 0 spiro atoms. The number of likely N-dealkylation sites (N-methyl/N-ethyl adjacent to an activating group) is 1. The van der Waals surface area contributed by atoms with Crippen LogP contribution in [0.25, 0.3) is 0 Å². The van der Waals surface area contributed by atoms with E-state index in [1.165, 1.54) is 12.1 Å². The van der Waals surface area contributed by atoms with Crippen LogP contribution in [0.3, 0.4) is 0 Å². The lowest BCUT2D eigenvalue weighted by Crippen LogP contribution is -2.38. The summed E-state index contributed by atoms with van der Waals surface area (Å²) < 4.78 is 26.8. The number of thiocarbonyl (C=S) groups is 1. The lowest BCUT2D eigenvalue weighted by Gasteiger charge is -2.20. The van der Waals surface area contributed by atoms with Gasteiger partial charge in [0.25, 0.3) is 0 Å². The average Bonchev–Trinajstić information content (AvgIpc) is 2.36. The smallest absolute Gasteiger partial charge is 0.240 e. The van der Waals surface area contributed by atoms with Crippen LogP contribution in [-0.4, -0.2) is 45.0 Å². The molecule has 1 unspecified atom stereocenters. The van der Waals surface area contributed by atoms with E-state index < -0.39 is 10.0 Å². The molecule has 19 heavy (non-hydrogen) atoms. The van der Waals surface area contributed by atoms with Gasteiger partial charge in [0, 0.05) is 18.2 Å². The van der Waals surface area contributed by atoms with Gasteiger partial charge < -0.3 is 10.6 Å². The van der Waals surface area contributed by atoms with Gasteiger partial charge in [0.2, 0.25) is 10.0 Å². The Balaban J connectivity index is 2.89. The summed E-state index contributed by atoms with van der Waals surface area (Å²) in [5, 5.41) is 0. The molecule has 0 aliphatic rings. The van der Waals surface area contributed by atoms with Crippen molar-refractivity contribution in [1.82, 2.24) is 9.62 Å². The highest BCUT2D eigenvalue weighted by Gasteiger charge is 2.16. The van der Waals surface area contributed by atoms with Gasteiger partial charge >= 0.3 is 0 Å². The minimum Gasteiger partial charge on any atom is -0.389 e. The molecule has 0 aromatic heterocycles. The van der Waals surface area contributed by atoms with E-state index in [0.717, 1.165) is 0 Å². The highest BCUT2D eigenvalue weighted by molar-refractivity contribution is 7.89. The van der Waals surface area contributed by atoms with Crippen LogP contribution in [-0.2, 0) is 10.0 Å². The first-order chi connectivity index (χ1) is 8.74. The lowest BCUT2D eigenvalue weighted by atomic mass is 10.2. The Bertz CT molecular complexity index is 556. The Kier molecular flexibility index (Phi) is 5.42. The van der Waals surface area contributed by atoms with E-state index in [9.17, 15) is 8.42 Å². The Morgan fingerprint density at radius 3 is 2.63 bits per heavy atom. The Morgan fingerprint density at radius 2 is 2.11 bits per heavy atom. The van der Waals surface area contributed by atoms with Gasteiger partial charge in [-0.3, -0.25) is 0 Å². The topological polar surface area (TPSA) is 75.4 Å². The summed E-state index contributed by atoms with van der Waals surface area (Å²) in [4.78, 5) is 2.29. The molecule has 5 nitrogen and oxygen atoms in total. The van der Waals surface area contributed by atoms with Crippen LogP contribution in [0.15, 0.2) is 29.2 Å². The fourth-order valence-corrected chi connectivity index (χ4v) is 2.61. The van der Waals surface area contributed by atoms with Gasteiger partial charge in [0.1, 0.15) is 4.99 Å². The maximum absolute atomic E-state index is 12.1. The number of nitrogens with one attached hydrogen (secondary N) is 1. The minimum atomic E-state index is -3.54. The van der Waals surface area contributed by atoms with E-state index in [0.29, 0.717) is 12.1 Å². The van der Waals surface area contributed by atoms with Crippen LogP contribution in [0, 0.1) is 0 Å². The molecule has 1 aromatic carbocycles. The molecule has 1 aromatic rings. The van der Waals surface area contributed by atoms with Crippen LogP contribution < -0.4 is 10.5 Å². The predicted octanol–water partition coefficient (Wildman–Crippen LogP) is 0.549. The summed E-state index contributed by atoms with van der Waals surface area (Å²) in [7, 11) is 0.254. The van der Waals surface area contributed by atoms with Crippen molar-refractivity contribution in [2.45, 2.75) is 17.9 Å². The third-order valence-electron chi connectivity index (χ3n) is 2.88. The molecule has 7 heteroatoms. The number of nitrogens with zero attached hydrogens (tertiary/aromatic N) is 1. The van der Waals surface area contributed by atoms with Gasteiger partial charge in [-0.25, -0.2) is 13.1 Å². The molecule has 0 saturated carbocycles. The zero-order valence-electron chi connectivity index (χ0n) is 11.3. The lowest BCUT2D eigenvalue weighted by molar-refractivity contribution is 0.314. The third-order valence-corrected chi connectivity index (χ3v) is 4.54. The van der Waals surface area contributed by atoms with Crippen molar-refractivity contribution in [3.63, 3.8) is 0 Å². The molecule has 1 atom stereocenters. The summed E-state index contributed by atoms with van der Waals surface area (Å²) in [6.45, 7) is 2.28. The molecule has 0 aliphatic heterocycles. The molecule has 1 rings (SSSR count). The molecular weight excluding hydrogens is 282 g/mol. The normalized spacial score (nSPS) is 13.5. The molecule has 0 bridgehead atoms. The SMILES string of the molecule is CC(CNS(=O)(=O)c1cccc(C(N)=S)c1)N(C)C. The van der Waals surface area contributed by atoms with Gasteiger partial charge in [-0.2, -0.15) is 0 Å². The van der Waals surface area contributed by atoms with Crippen molar-refractivity contribution in [1.29, 1.82) is 0 Å². The van der Waals surface area contributed by atoms with E-state index in [-0.39, 0.29) is 15.9 Å². The van der Waals surface area contributed by atoms with Gasteiger partial charge in [-0.05, 0) is 33.2 Å². The molecule has 0 radical (unpaired) electrons. The molecule has 0 saturated heterocycles. The summed E-state index contributed by atoms with van der Waals surface area (Å²) >= 11 is 4.84. The second kappa shape index (κ2) is 6.42.